The second-order valence-electron chi connectivity index (χ2n) is 4.03. The lowest BCUT2D eigenvalue weighted by Gasteiger charge is -2.17. The maximum Gasteiger partial charge on any atom is 0.337 e. The Balaban J connectivity index is 3.14. The number of aromatic nitrogens is 1. The SMILES string of the molecule is CCNC(=O)C(C)n1c(C)cc(C(=O)O)c1C. The molecule has 0 radical (unpaired) electrons. The van der Waals surface area contributed by atoms with Crippen LogP contribution in [0.4, 0.5) is 0 Å². The van der Waals surface area contributed by atoms with Crippen molar-refractivity contribution in [3.05, 3.63) is 23.0 Å². The standard InChI is InChI=1S/C12H18N2O3/c1-5-13-11(15)9(4)14-7(2)6-10(8(14)3)12(16)17/h6,9H,5H2,1-4H3,(H,13,15)(H,16,17). The van der Waals surface area contributed by atoms with E-state index < -0.39 is 12.0 Å². The van der Waals surface area contributed by atoms with Crippen LogP contribution in [0.5, 0.6) is 0 Å². The van der Waals surface area contributed by atoms with Gasteiger partial charge in [0.15, 0.2) is 0 Å². The smallest absolute Gasteiger partial charge is 0.337 e. The summed E-state index contributed by atoms with van der Waals surface area (Å²) >= 11 is 0. The van der Waals surface area contributed by atoms with Gasteiger partial charge in [-0.15, -0.1) is 0 Å². The third kappa shape index (κ3) is 2.49. The second-order valence-corrected chi connectivity index (χ2v) is 4.03. The van der Waals surface area contributed by atoms with Crippen molar-refractivity contribution in [1.29, 1.82) is 0 Å². The fourth-order valence-electron chi connectivity index (χ4n) is 2.03. The molecule has 0 aliphatic carbocycles. The normalized spacial score (nSPS) is 12.2. The van der Waals surface area contributed by atoms with Crippen molar-refractivity contribution in [1.82, 2.24) is 9.88 Å². The Bertz CT molecular complexity index is 449. The maximum atomic E-state index is 11.7. The van der Waals surface area contributed by atoms with Gasteiger partial charge in [0.2, 0.25) is 5.91 Å². The van der Waals surface area contributed by atoms with Crippen LogP contribution in [0.25, 0.3) is 0 Å². The van der Waals surface area contributed by atoms with Gasteiger partial charge in [-0.2, -0.15) is 0 Å². The number of carboxylic acid groups (broad SMARTS) is 1. The van der Waals surface area contributed by atoms with Crippen molar-refractivity contribution in [3.63, 3.8) is 0 Å². The molecule has 0 spiro atoms. The van der Waals surface area contributed by atoms with E-state index >= 15 is 0 Å². The number of hydrogen-bond acceptors (Lipinski definition) is 2. The predicted octanol–water partition coefficient (Wildman–Crippen LogP) is 1.50. The van der Waals surface area contributed by atoms with Gasteiger partial charge >= 0.3 is 5.97 Å². The molecule has 1 rings (SSSR count). The largest absolute Gasteiger partial charge is 0.478 e. The lowest BCUT2D eigenvalue weighted by molar-refractivity contribution is -0.123. The van der Waals surface area contributed by atoms with Crippen molar-refractivity contribution in [2.45, 2.75) is 33.7 Å². The quantitative estimate of drug-likeness (QED) is 0.835. The first-order valence-electron chi connectivity index (χ1n) is 5.59. The zero-order chi connectivity index (χ0) is 13.2. The van der Waals surface area contributed by atoms with Gasteiger partial charge in [0, 0.05) is 17.9 Å². The molecule has 5 nitrogen and oxygen atoms in total. The Morgan fingerprint density at radius 3 is 2.47 bits per heavy atom. The molecule has 17 heavy (non-hydrogen) atoms. The van der Waals surface area contributed by atoms with Crippen LogP contribution in [0.2, 0.25) is 0 Å². The molecule has 94 valence electrons. The van der Waals surface area contributed by atoms with E-state index in [0.717, 1.165) is 5.69 Å². The average Bonchev–Trinajstić information content (AvgIpc) is 2.54. The topological polar surface area (TPSA) is 71.3 Å². The minimum Gasteiger partial charge on any atom is -0.478 e. The van der Waals surface area contributed by atoms with E-state index in [1.165, 1.54) is 0 Å². The zero-order valence-electron chi connectivity index (χ0n) is 10.6. The highest BCUT2D eigenvalue weighted by Crippen LogP contribution is 2.20. The molecule has 0 aliphatic heterocycles. The highest BCUT2D eigenvalue weighted by Gasteiger charge is 2.21. The van der Waals surface area contributed by atoms with Gasteiger partial charge in [-0.3, -0.25) is 4.79 Å². The maximum absolute atomic E-state index is 11.7. The van der Waals surface area contributed by atoms with Crippen LogP contribution in [0.3, 0.4) is 0 Å². The number of carbonyl (C=O) groups excluding carboxylic acids is 1. The molecule has 0 saturated heterocycles. The number of rotatable bonds is 4. The van der Waals surface area contributed by atoms with Crippen molar-refractivity contribution in [2.75, 3.05) is 6.54 Å². The van der Waals surface area contributed by atoms with E-state index in [9.17, 15) is 9.59 Å². The first-order chi connectivity index (χ1) is 7.90. The molecule has 1 atom stereocenters. The van der Waals surface area contributed by atoms with E-state index in [-0.39, 0.29) is 11.5 Å². The molecule has 1 aromatic heterocycles. The molecule has 1 unspecified atom stereocenters. The average molecular weight is 238 g/mol. The lowest BCUT2D eigenvalue weighted by Crippen LogP contribution is -2.31. The Morgan fingerprint density at radius 1 is 1.47 bits per heavy atom. The number of carboxylic acids is 1. The third-order valence-corrected chi connectivity index (χ3v) is 2.83. The van der Waals surface area contributed by atoms with Gasteiger partial charge in [0.1, 0.15) is 6.04 Å². The monoisotopic (exact) mass is 238 g/mol. The van der Waals surface area contributed by atoms with E-state index in [1.54, 1.807) is 31.4 Å². The summed E-state index contributed by atoms with van der Waals surface area (Å²) in [5, 5.41) is 11.7. The molecule has 0 bridgehead atoms. The molecule has 0 saturated carbocycles. The number of carbonyl (C=O) groups is 2. The molecule has 1 amide bonds. The molecule has 2 N–H and O–H groups in total. The number of aromatic carboxylic acids is 1. The van der Waals surface area contributed by atoms with Crippen LogP contribution in [0, 0.1) is 13.8 Å². The summed E-state index contributed by atoms with van der Waals surface area (Å²) < 4.78 is 1.74. The summed E-state index contributed by atoms with van der Waals surface area (Å²) in [6.45, 7) is 7.69. The first kappa shape index (κ1) is 13.3. The summed E-state index contributed by atoms with van der Waals surface area (Å²) in [6.07, 6.45) is 0. The van der Waals surface area contributed by atoms with Crippen LogP contribution in [-0.4, -0.2) is 28.1 Å². The number of hydrogen-bond donors (Lipinski definition) is 2. The van der Waals surface area contributed by atoms with Crippen molar-refractivity contribution < 1.29 is 14.7 Å². The highest BCUT2D eigenvalue weighted by atomic mass is 16.4. The van der Waals surface area contributed by atoms with Gasteiger partial charge in [0.25, 0.3) is 0 Å². The summed E-state index contributed by atoms with van der Waals surface area (Å²) in [5.74, 6) is -1.07. The molecular weight excluding hydrogens is 220 g/mol. The Hall–Kier alpha value is -1.78. The Labute approximate surface area is 100 Å². The minimum atomic E-state index is -0.965. The number of aryl methyl sites for hydroxylation is 1. The molecule has 1 aromatic rings. The van der Waals surface area contributed by atoms with E-state index in [2.05, 4.69) is 5.32 Å². The number of amides is 1. The van der Waals surface area contributed by atoms with E-state index in [0.29, 0.717) is 12.2 Å². The van der Waals surface area contributed by atoms with Crippen molar-refractivity contribution >= 4 is 11.9 Å². The summed E-state index contributed by atoms with van der Waals surface area (Å²) in [6, 6.07) is 1.19. The summed E-state index contributed by atoms with van der Waals surface area (Å²) in [7, 11) is 0. The fourth-order valence-corrected chi connectivity index (χ4v) is 2.03. The molecule has 0 aromatic carbocycles. The van der Waals surface area contributed by atoms with Gasteiger partial charge in [-0.25, -0.2) is 4.79 Å². The Morgan fingerprint density at radius 2 is 2.06 bits per heavy atom. The highest BCUT2D eigenvalue weighted by molar-refractivity contribution is 5.90. The second kappa shape index (κ2) is 5.03. The number of nitrogens with zero attached hydrogens (tertiary/aromatic N) is 1. The van der Waals surface area contributed by atoms with Crippen molar-refractivity contribution in [3.8, 4) is 0 Å². The van der Waals surface area contributed by atoms with Crippen LogP contribution < -0.4 is 5.32 Å². The van der Waals surface area contributed by atoms with Gasteiger partial charge in [-0.1, -0.05) is 0 Å². The molecular formula is C12H18N2O3. The van der Waals surface area contributed by atoms with E-state index in [1.807, 2.05) is 6.92 Å². The minimum absolute atomic E-state index is 0.105. The lowest BCUT2D eigenvalue weighted by atomic mass is 10.2. The first-order valence-corrected chi connectivity index (χ1v) is 5.59. The van der Waals surface area contributed by atoms with Crippen molar-refractivity contribution in [2.24, 2.45) is 0 Å². The Kier molecular flexibility index (Phi) is 3.93. The zero-order valence-corrected chi connectivity index (χ0v) is 10.6. The number of nitrogens with one attached hydrogen (secondary N) is 1. The molecule has 5 heteroatoms. The van der Waals surface area contributed by atoms with Gasteiger partial charge < -0.3 is 15.0 Å². The van der Waals surface area contributed by atoms with Crippen LogP contribution in [-0.2, 0) is 4.79 Å². The number of likely N-dealkylation sites (N-methyl/N-ethyl adjacent to an activating group) is 1. The van der Waals surface area contributed by atoms with Crippen LogP contribution in [0.15, 0.2) is 6.07 Å². The molecule has 0 aliphatic rings. The molecule has 0 fully saturated rings. The van der Waals surface area contributed by atoms with Gasteiger partial charge in [-0.05, 0) is 33.8 Å². The summed E-state index contributed by atoms with van der Waals surface area (Å²) in [5.41, 5.74) is 1.63. The predicted molar refractivity (Wildman–Crippen MR) is 64.3 cm³/mol. The van der Waals surface area contributed by atoms with Crippen LogP contribution in [0.1, 0.15) is 41.6 Å². The fraction of sp³-hybridized carbons (Fsp3) is 0.500. The van der Waals surface area contributed by atoms with Gasteiger partial charge in [0.05, 0.1) is 5.56 Å². The van der Waals surface area contributed by atoms with E-state index in [4.69, 9.17) is 5.11 Å². The summed E-state index contributed by atoms with van der Waals surface area (Å²) in [4.78, 5) is 22.7. The van der Waals surface area contributed by atoms with Crippen LogP contribution >= 0.6 is 0 Å². The molecule has 1 heterocycles. The third-order valence-electron chi connectivity index (χ3n) is 2.83.